The smallest absolute Gasteiger partial charge is 0.191 e. The van der Waals surface area contributed by atoms with E-state index in [1.807, 2.05) is 30.3 Å². The Labute approximate surface area is 143 Å². The predicted octanol–water partition coefficient (Wildman–Crippen LogP) is 2.48. The van der Waals surface area contributed by atoms with Gasteiger partial charge in [0.2, 0.25) is 0 Å². The number of hydrogen-bond acceptors (Lipinski definition) is 3. The molecule has 0 unspecified atom stereocenters. The van der Waals surface area contributed by atoms with Crippen LogP contribution in [0.15, 0.2) is 59.6 Å². The van der Waals surface area contributed by atoms with Crippen molar-refractivity contribution < 1.29 is 9.47 Å². The molecule has 0 spiro atoms. The SMILES string of the molecule is CN=C(NCCOc1cccc(OC)c1)NCCc1ccccc1. The van der Waals surface area contributed by atoms with Gasteiger partial charge in [-0.1, -0.05) is 36.4 Å². The van der Waals surface area contributed by atoms with E-state index in [9.17, 15) is 0 Å². The maximum atomic E-state index is 5.69. The van der Waals surface area contributed by atoms with Gasteiger partial charge in [0.1, 0.15) is 18.1 Å². The zero-order valence-corrected chi connectivity index (χ0v) is 14.3. The normalized spacial score (nSPS) is 11.0. The number of methoxy groups -OCH3 is 1. The van der Waals surface area contributed by atoms with Crippen LogP contribution in [0.3, 0.4) is 0 Å². The molecule has 0 saturated heterocycles. The number of aliphatic imine (C=N–C) groups is 1. The van der Waals surface area contributed by atoms with Gasteiger partial charge in [-0.25, -0.2) is 0 Å². The summed E-state index contributed by atoms with van der Waals surface area (Å²) in [5.41, 5.74) is 1.31. The largest absolute Gasteiger partial charge is 0.497 e. The van der Waals surface area contributed by atoms with Crippen molar-refractivity contribution in [2.24, 2.45) is 4.99 Å². The van der Waals surface area contributed by atoms with E-state index in [2.05, 4.69) is 39.9 Å². The second kappa shape index (κ2) is 10.2. The van der Waals surface area contributed by atoms with E-state index in [1.165, 1.54) is 5.56 Å². The van der Waals surface area contributed by atoms with Gasteiger partial charge in [0, 0.05) is 19.7 Å². The Kier molecular flexibility index (Phi) is 7.47. The second-order valence-corrected chi connectivity index (χ2v) is 5.19. The minimum Gasteiger partial charge on any atom is -0.497 e. The summed E-state index contributed by atoms with van der Waals surface area (Å²) in [4.78, 5) is 4.21. The van der Waals surface area contributed by atoms with Crippen molar-refractivity contribution >= 4 is 5.96 Å². The Morgan fingerprint density at radius 1 is 0.958 bits per heavy atom. The van der Waals surface area contributed by atoms with Gasteiger partial charge in [-0.05, 0) is 24.1 Å². The number of nitrogens with zero attached hydrogens (tertiary/aromatic N) is 1. The average Bonchev–Trinajstić information content (AvgIpc) is 2.64. The molecule has 24 heavy (non-hydrogen) atoms. The van der Waals surface area contributed by atoms with Gasteiger partial charge in [-0.3, -0.25) is 4.99 Å². The van der Waals surface area contributed by atoms with E-state index in [0.29, 0.717) is 13.2 Å². The summed E-state index contributed by atoms with van der Waals surface area (Å²) in [5, 5.41) is 6.54. The van der Waals surface area contributed by atoms with Crippen molar-refractivity contribution in [1.82, 2.24) is 10.6 Å². The predicted molar refractivity (Wildman–Crippen MR) is 98.0 cm³/mol. The summed E-state index contributed by atoms with van der Waals surface area (Å²) in [7, 11) is 3.41. The molecule has 0 radical (unpaired) electrons. The maximum Gasteiger partial charge on any atom is 0.191 e. The van der Waals surface area contributed by atoms with Crippen LogP contribution in [0.1, 0.15) is 5.56 Å². The summed E-state index contributed by atoms with van der Waals surface area (Å²) >= 11 is 0. The van der Waals surface area contributed by atoms with Gasteiger partial charge in [-0.2, -0.15) is 0 Å². The second-order valence-electron chi connectivity index (χ2n) is 5.19. The molecule has 5 nitrogen and oxygen atoms in total. The van der Waals surface area contributed by atoms with E-state index in [-0.39, 0.29) is 0 Å². The molecule has 0 aliphatic heterocycles. The van der Waals surface area contributed by atoms with Crippen molar-refractivity contribution in [2.45, 2.75) is 6.42 Å². The highest BCUT2D eigenvalue weighted by Crippen LogP contribution is 2.18. The molecule has 0 fully saturated rings. The summed E-state index contributed by atoms with van der Waals surface area (Å²) in [5.74, 6) is 2.36. The van der Waals surface area contributed by atoms with Crippen molar-refractivity contribution in [1.29, 1.82) is 0 Å². The number of guanidine groups is 1. The molecule has 2 N–H and O–H groups in total. The molecule has 0 atom stereocenters. The van der Waals surface area contributed by atoms with Crippen LogP contribution in [0.25, 0.3) is 0 Å². The molecule has 2 aromatic carbocycles. The Balaban J connectivity index is 1.64. The summed E-state index contributed by atoms with van der Waals surface area (Å²) < 4.78 is 10.9. The van der Waals surface area contributed by atoms with Crippen LogP contribution in [0.4, 0.5) is 0 Å². The minimum absolute atomic E-state index is 0.548. The molecule has 0 aromatic heterocycles. The van der Waals surface area contributed by atoms with Crippen LogP contribution in [-0.2, 0) is 6.42 Å². The third-order valence-electron chi connectivity index (χ3n) is 3.48. The van der Waals surface area contributed by atoms with Crippen molar-refractivity contribution in [3.63, 3.8) is 0 Å². The molecule has 0 saturated carbocycles. The zero-order chi connectivity index (χ0) is 17.0. The van der Waals surface area contributed by atoms with E-state index in [0.717, 1.165) is 30.4 Å². The lowest BCUT2D eigenvalue weighted by Gasteiger charge is -2.13. The molecule has 0 amide bonds. The number of nitrogens with one attached hydrogen (secondary N) is 2. The fourth-order valence-corrected chi connectivity index (χ4v) is 2.22. The highest BCUT2D eigenvalue weighted by molar-refractivity contribution is 5.79. The molecule has 0 aliphatic rings. The number of ether oxygens (including phenoxy) is 2. The first-order chi connectivity index (χ1) is 11.8. The molecule has 5 heteroatoms. The van der Waals surface area contributed by atoms with Gasteiger partial charge in [0.15, 0.2) is 5.96 Å². The minimum atomic E-state index is 0.548. The van der Waals surface area contributed by atoms with Crippen LogP contribution in [0.2, 0.25) is 0 Å². The van der Waals surface area contributed by atoms with E-state index >= 15 is 0 Å². The molecule has 2 rings (SSSR count). The Hall–Kier alpha value is -2.69. The van der Waals surface area contributed by atoms with Gasteiger partial charge in [0.25, 0.3) is 0 Å². The first-order valence-electron chi connectivity index (χ1n) is 8.07. The Morgan fingerprint density at radius 3 is 2.46 bits per heavy atom. The van der Waals surface area contributed by atoms with Gasteiger partial charge < -0.3 is 20.1 Å². The number of rotatable bonds is 8. The van der Waals surface area contributed by atoms with Gasteiger partial charge in [-0.15, -0.1) is 0 Å². The van der Waals surface area contributed by atoms with Crippen LogP contribution in [-0.4, -0.2) is 39.8 Å². The van der Waals surface area contributed by atoms with Crippen LogP contribution in [0.5, 0.6) is 11.5 Å². The molecule has 0 bridgehead atoms. The van der Waals surface area contributed by atoms with Gasteiger partial charge in [0.05, 0.1) is 13.7 Å². The highest BCUT2D eigenvalue weighted by atomic mass is 16.5. The van der Waals surface area contributed by atoms with E-state index in [1.54, 1.807) is 14.2 Å². The lowest BCUT2D eigenvalue weighted by atomic mass is 10.1. The number of hydrogen-bond donors (Lipinski definition) is 2. The number of benzene rings is 2. The molecule has 0 heterocycles. The first-order valence-corrected chi connectivity index (χ1v) is 8.07. The summed E-state index contributed by atoms with van der Waals surface area (Å²) in [6, 6.07) is 18.0. The van der Waals surface area contributed by atoms with Crippen LogP contribution < -0.4 is 20.1 Å². The van der Waals surface area contributed by atoms with Crippen molar-refractivity contribution in [3.05, 3.63) is 60.2 Å². The van der Waals surface area contributed by atoms with Crippen molar-refractivity contribution in [3.8, 4) is 11.5 Å². The van der Waals surface area contributed by atoms with E-state index in [4.69, 9.17) is 9.47 Å². The van der Waals surface area contributed by atoms with E-state index < -0.39 is 0 Å². The first kappa shape index (κ1) is 17.7. The van der Waals surface area contributed by atoms with Crippen LogP contribution in [0, 0.1) is 0 Å². The molecular formula is C19H25N3O2. The lowest BCUT2D eigenvalue weighted by molar-refractivity contribution is 0.319. The van der Waals surface area contributed by atoms with Crippen LogP contribution >= 0.6 is 0 Å². The molecule has 0 aliphatic carbocycles. The quantitative estimate of drug-likeness (QED) is 0.444. The maximum absolute atomic E-state index is 5.69. The molecule has 128 valence electrons. The molecular weight excluding hydrogens is 302 g/mol. The topological polar surface area (TPSA) is 54.9 Å². The lowest BCUT2D eigenvalue weighted by Crippen LogP contribution is -2.40. The molecule has 2 aromatic rings. The third kappa shape index (κ3) is 6.20. The zero-order valence-electron chi connectivity index (χ0n) is 14.3. The standard InChI is InChI=1S/C19H25N3O2/c1-20-19(21-12-11-16-7-4-3-5-8-16)22-13-14-24-18-10-6-9-17(15-18)23-2/h3-10,15H,11-14H2,1-2H3,(H2,20,21,22). The Bertz CT molecular complexity index is 630. The fourth-order valence-electron chi connectivity index (χ4n) is 2.22. The average molecular weight is 327 g/mol. The Morgan fingerprint density at radius 2 is 1.71 bits per heavy atom. The highest BCUT2D eigenvalue weighted by Gasteiger charge is 1.99. The summed E-state index contributed by atoms with van der Waals surface area (Å²) in [6.45, 7) is 2.05. The summed E-state index contributed by atoms with van der Waals surface area (Å²) in [6.07, 6.45) is 0.960. The monoisotopic (exact) mass is 327 g/mol. The van der Waals surface area contributed by atoms with Crippen molar-refractivity contribution in [2.75, 3.05) is 33.9 Å². The van der Waals surface area contributed by atoms with Gasteiger partial charge >= 0.3 is 0 Å². The third-order valence-corrected chi connectivity index (χ3v) is 3.48. The fraction of sp³-hybridized carbons (Fsp3) is 0.316.